The molecule has 0 heterocycles. The van der Waals surface area contributed by atoms with Gasteiger partial charge in [0.15, 0.2) is 0 Å². The van der Waals surface area contributed by atoms with Crippen molar-refractivity contribution in [2.24, 2.45) is 0 Å². The lowest BCUT2D eigenvalue weighted by Gasteiger charge is -2.41. The largest absolute Gasteiger partial charge is 0.335 e. The van der Waals surface area contributed by atoms with Crippen molar-refractivity contribution in [3.63, 3.8) is 0 Å². The number of hydrogen-bond donors (Lipinski definition) is 2. The number of urea groups is 1. The Labute approximate surface area is 160 Å². The molecule has 2 aliphatic carbocycles. The molecule has 0 spiro atoms. The van der Waals surface area contributed by atoms with Gasteiger partial charge in [-0.05, 0) is 60.9 Å². The lowest BCUT2D eigenvalue weighted by atomic mass is 9.72. The number of hydrogen-bond acceptors (Lipinski definition) is 1. The summed E-state index contributed by atoms with van der Waals surface area (Å²) >= 11 is 0. The van der Waals surface area contributed by atoms with Crippen LogP contribution in [0.5, 0.6) is 0 Å². The summed E-state index contributed by atoms with van der Waals surface area (Å²) in [5.74, 6) is -0.260. The molecule has 3 nitrogen and oxygen atoms in total. The van der Waals surface area contributed by atoms with Gasteiger partial charge in [-0.15, -0.1) is 0 Å². The summed E-state index contributed by atoms with van der Waals surface area (Å²) in [5, 5.41) is 6.48. The van der Waals surface area contributed by atoms with Crippen molar-refractivity contribution in [2.45, 2.75) is 62.9 Å². The van der Waals surface area contributed by atoms with Crippen LogP contribution in [0.2, 0.25) is 0 Å². The molecule has 0 saturated heterocycles. The van der Waals surface area contributed by atoms with E-state index in [4.69, 9.17) is 0 Å². The SMILES string of the molecule is O=C(NC1CCCCC1)NC1(c2ccc(F)cc2)CCCc2ccccc21. The van der Waals surface area contributed by atoms with Crippen molar-refractivity contribution >= 4 is 6.03 Å². The minimum absolute atomic E-state index is 0.122. The van der Waals surface area contributed by atoms with Crippen LogP contribution < -0.4 is 10.6 Å². The van der Waals surface area contributed by atoms with Crippen LogP contribution in [0.4, 0.5) is 9.18 Å². The maximum atomic E-state index is 13.5. The smallest absolute Gasteiger partial charge is 0.315 e. The highest BCUT2D eigenvalue weighted by atomic mass is 19.1. The van der Waals surface area contributed by atoms with Crippen LogP contribution >= 0.6 is 0 Å². The second-order valence-electron chi connectivity index (χ2n) is 7.86. The first-order valence-electron chi connectivity index (χ1n) is 10.1. The minimum Gasteiger partial charge on any atom is -0.335 e. The molecule has 2 N–H and O–H groups in total. The zero-order valence-corrected chi connectivity index (χ0v) is 15.6. The Morgan fingerprint density at radius 3 is 2.48 bits per heavy atom. The van der Waals surface area contributed by atoms with Crippen molar-refractivity contribution in [3.8, 4) is 0 Å². The van der Waals surface area contributed by atoms with Gasteiger partial charge in [0.25, 0.3) is 0 Å². The first kappa shape index (κ1) is 18.0. The third kappa shape index (κ3) is 3.71. The van der Waals surface area contributed by atoms with Crippen LogP contribution in [0, 0.1) is 5.82 Å². The fourth-order valence-corrected chi connectivity index (χ4v) is 4.73. The molecule has 0 bridgehead atoms. The Morgan fingerprint density at radius 2 is 1.70 bits per heavy atom. The van der Waals surface area contributed by atoms with E-state index < -0.39 is 5.54 Å². The van der Waals surface area contributed by atoms with E-state index in [1.807, 2.05) is 12.1 Å². The molecule has 2 aliphatic rings. The van der Waals surface area contributed by atoms with E-state index in [1.54, 1.807) is 12.1 Å². The number of fused-ring (bicyclic) bond motifs is 1. The Bertz CT molecular complexity index is 798. The summed E-state index contributed by atoms with van der Waals surface area (Å²) < 4.78 is 13.5. The molecule has 1 fully saturated rings. The van der Waals surface area contributed by atoms with E-state index in [1.165, 1.54) is 37.0 Å². The predicted molar refractivity (Wildman–Crippen MR) is 105 cm³/mol. The van der Waals surface area contributed by atoms with Gasteiger partial charge in [0.05, 0.1) is 5.54 Å². The van der Waals surface area contributed by atoms with Gasteiger partial charge in [0.2, 0.25) is 0 Å². The van der Waals surface area contributed by atoms with Gasteiger partial charge in [-0.25, -0.2) is 9.18 Å². The van der Waals surface area contributed by atoms with Crippen LogP contribution in [0.3, 0.4) is 0 Å². The summed E-state index contributed by atoms with van der Waals surface area (Å²) in [6, 6.07) is 15.0. The zero-order valence-electron chi connectivity index (χ0n) is 15.6. The van der Waals surface area contributed by atoms with E-state index in [-0.39, 0.29) is 17.9 Å². The third-order valence-corrected chi connectivity index (χ3v) is 6.08. The second kappa shape index (κ2) is 7.71. The van der Waals surface area contributed by atoms with Crippen LogP contribution in [-0.2, 0) is 12.0 Å². The molecule has 2 amide bonds. The average molecular weight is 366 g/mol. The van der Waals surface area contributed by atoms with E-state index in [0.29, 0.717) is 0 Å². The summed E-state index contributed by atoms with van der Waals surface area (Å²) in [7, 11) is 0. The molecular weight excluding hydrogens is 339 g/mol. The summed E-state index contributed by atoms with van der Waals surface area (Å²) in [4.78, 5) is 12.9. The molecule has 1 unspecified atom stereocenters. The van der Waals surface area contributed by atoms with Crippen LogP contribution in [-0.4, -0.2) is 12.1 Å². The van der Waals surface area contributed by atoms with Crippen molar-refractivity contribution < 1.29 is 9.18 Å². The zero-order chi connectivity index (χ0) is 18.7. The molecule has 27 heavy (non-hydrogen) atoms. The second-order valence-corrected chi connectivity index (χ2v) is 7.86. The van der Waals surface area contributed by atoms with Crippen LogP contribution in [0.15, 0.2) is 48.5 Å². The van der Waals surface area contributed by atoms with Crippen molar-refractivity contribution in [2.75, 3.05) is 0 Å². The summed E-state index contributed by atoms with van der Waals surface area (Å²) in [5.41, 5.74) is 2.71. The highest BCUT2D eigenvalue weighted by Crippen LogP contribution is 2.40. The number of aryl methyl sites for hydroxylation is 1. The van der Waals surface area contributed by atoms with Gasteiger partial charge in [-0.3, -0.25) is 0 Å². The molecule has 4 rings (SSSR count). The molecule has 0 aromatic heterocycles. The predicted octanol–water partition coefficient (Wildman–Crippen LogP) is 5.04. The number of carbonyl (C=O) groups excluding carboxylic acids is 1. The lowest BCUT2D eigenvalue weighted by Crippen LogP contribution is -2.54. The highest BCUT2D eigenvalue weighted by Gasteiger charge is 2.39. The Morgan fingerprint density at radius 1 is 0.963 bits per heavy atom. The number of carbonyl (C=O) groups is 1. The van der Waals surface area contributed by atoms with E-state index in [2.05, 4.69) is 22.8 Å². The quantitative estimate of drug-likeness (QED) is 0.785. The summed E-state index contributed by atoms with van der Waals surface area (Å²) in [6.07, 6.45) is 8.51. The molecular formula is C23H27FN2O. The molecule has 2 aromatic carbocycles. The van der Waals surface area contributed by atoms with Gasteiger partial charge >= 0.3 is 6.03 Å². The highest BCUT2D eigenvalue weighted by molar-refractivity contribution is 5.76. The Hall–Kier alpha value is -2.36. The Kier molecular flexibility index (Phi) is 5.15. The maximum absolute atomic E-state index is 13.5. The van der Waals surface area contributed by atoms with Crippen LogP contribution in [0.1, 0.15) is 61.6 Å². The van der Waals surface area contributed by atoms with E-state index in [0.717, 1.165) is 43.2 Å². The lowest BCUT2D eigenvalue weighted by molar-refractivity contribution is 0.218. The number of nitrogens with one attached hydrogen (secondary N) is 2. The molecule has 1 atom stereocenters. The van der Waals surface area contributed by atoms with Gasteiger partial charge in [0.1, 0.15) is 5.82 Å². The first-order chi connectivity index (χ1) is 13.2. The number of benzene rings is 2. The maximum Gasteiger partial charge on any atom is 0.315 e. The minimum atomic E-state index is -0.610. The number of amides is 2. The monoisotopic (exact) mass is 366 g/mol. The molecule has 1 saturated carbocycles. The van der Waals surface area contributed by atoms with Crippen molar-refractivity contribution in [1.29, 1.82) is 0 Å². The van der Waals surface area contributed by atoms with Gasteiger partial charge in [-0.1, -0.05) is 55.7 Å². The average Bonchev–Trinajstić information content (AvgIpc) is 2.69. The molecule has 4 heteroatoms. The van der Waals surface area contributed by atoms with Crippen LogP contribution in [0.25, 0.3) is 0 Å². The van der Waals surface area contributed by atoms with Gasteiger partial charge in [-0.2, -0.15) is 0 Å². The van der Waals surface area contributed by atoms with Gasteiger partial charge < -0.3 is 10.6 Å². The topological polar surface area (TPSA) is 41.1 Å². The third-order valence-electron chi connectivity index (χ3n) is 6.08. The number of rotatable bonds is 3. The fourth-order valence-electron chi connectivity index (χ4n) is 4.73. The normalized spacial score (nSPS) is 22.7. The Balaban J connectivity index is 1.67. The standard InChI is InChI=1S/C23H27FN2O/c24-19-14-12-18(13-15-19)23(16-6-8-17-7-4-5-11-21(17)23)26-22(27)25-20-9-2-1-3-10-20/h4-5,7,11-15,20H,1-3,6,8-10,16H2,(H2,25,26,27). The summed E-state index contributed by atoms with van der Waals surface area (Å²) in [6.45, 7) is 0. The molecule has 0 radical (unpaired) electrons. The first-order valence-corrected chi connectivity index (χ1v) is 10.1. The van der Waals surface area contributed by atoms with E-state index in [9.17, 15) is 9.18 Å². The van der Waals surface area contributed by atoms with Crippen molar-refractivity contribution in [3.05, 3.63) is 71.0 Å². The fraction of sp³-hybridized carbons (Fsp3) is 0.435. The van der Waals surface area contributed by atoms with Gasteiger partial charge in [0, 0.05) is 6.04 Å². The molecule has 142 valence electrons. The number of halogens is 1. The van der Waals surface area contributed by atoms with Crippen molar-refractivity contribution in [1.82, 2.24) is 10.6 Å². The van der Waals surface area contributed by atoms with E-state index >= 15 is 0 Å². The molecule has 0 aliphatic heterocycles. The molecule has 2 aromatic rings.